The van der Waals surface area contributed by atoms with E-state index in [9.17, 15) is 4.79 Å². The minimum Gasteiger partial charge on any atom is -0.313 e. The van der Waals surface area contributed by atoms with Crippen molar-refractivity contribution in [2.24, 2.45) is 0 Å². The molecule has 0 bridgehead atoms. The van der Waals surface area contributed by atoms with Crippen molar-refractivity contribution in [2.45, 2.75) is 31.7 Å². The number of carbonyl (C=O) groups is 1. The van der Waals surface area contributed by atoms with Crippen molar-refractivity contribution in [3.05, 3.63) is 15.9 Å². The SMILES string of the molecule is CN(C(=O)CC1CCCCN1)c1cc(Br)cs1. The molecule has 94 valence electrons. The summed E-state index contributed by atoms with van der Waals surface area (Å²) in [5.41, 5.74) is 0. The predicted octanol–water partition coefficient (Wildman–Crippen LogP) is 3.01. The monoisotopic (exact) mass is 316 g/mol. The second-order valence-electron chi connectivity index (χ2n) is 4.41. The molecule has 1 amide bonds. The quantitative estimate of drug-likeness (QED) is 0.929. The maximum atomic E-state index is 12.1. The lowest BCUT2D eigenvalue weighted by Gasteiger charge is -2.25. The van der Waals surface area contributed by atoms with Gasteiger partial charge in [-0.3, -0.25) is 4.79 Å². The summed E-state index contributed by atoms with van der Waals surface area (Å²) in [6, 6.07) is 2.35. The fourth-order valence-corrected chi connectivity index (χ4v) is 3.45. The van der Waals surface area contributed by atoms with E-state index in [2.05, 4.69) is 21.2 Å². The summed E-state index contributed by atoms with van der Waals surface area (Å²) in [5.74, 6) is 0.193. The zero-order chi connectivity index (χ0) is 12.3. The molecule has 1 atom stereocenters. The number of nitrogens with one attached hydrogen (secondary N) is 1. The van der Waals surface area contributed by atoms with E-state index >= 15 is 0 Å². The van der Waals surface area contributed by atoms with Crippen LogP contribution in [0.25, 0.3) is 0 Å². The molecule has 5 heteroatoms. The molecule has 0 radical (unpaired) electrons. The highest BCUT2D eigenvalue weighted by Crippen LogP contribution is 2.28. The Hall–Kier alpha value is -0.390. The Kier molecular flexibility index (Phi) is 4.59. The Morgan fingerprint density at radius 2 is 2.47 bits per heavy atom. The normalized spacial score (nSPS) is 20.2. The van der Waals surface area contributed by atoms with Gasteiger partial charge >= 0.3 is 0 Å². The number of nitrogens with zero attached hydrogens (tertiary/aromatic N) is 1. The zero-order valence-corrected chi connectivity index (χ0v) is 12.3. The topological polar surface area (TPSA) is 32.3 Å². The number of thiophene rings is 1. The lowest BCUT2D eigenvalue weighted by molar-refractivity contribution is -0.118. The highest BCUT2D eigenvalue weighted by Gasteiger charge is 2.20. The van der Waals surface area contributed by atoms with Crippen molar-refractivity contribution < 1.29 is 4.79 Å². The third kappa shape index (κ3) is 3.53. The average Bonchev–Trinajstić information content (AvgIpc) is 2.76. The summed E-state index contributed by atoms with van der Waals surface area (Å²) >= 11 is 4.99. The van der Waals surface area contributed by atoms with E-state index in [0.717, 1.165) is 22.4 Å². The summed E-state index contributed by atoms with van der Waals surface area (Å²) in [4.78, 5) is 13.9. The molecular formula is C12H17BrN2OS. The molecule has 2 heterocycles. The molecule has 0 aromatic carbocycles. The van der Waals surface area contributed by atoms with Crippen LogP contribution in [0.4, 0.5) is 5.00 Å². The summed E-state index contributed by atoms with van der Waals surface area (Å²) in [6.07, 6.45) is 4.19. The highest BCUT2D eigenvalue weighted by atomic mass is 79.9. The fraction of sp³-hybridized carbons (Fsp3) is 0.583. The Labute approximate surface area is 114 Å². The first-order chi connectivity index (χ1) is 8.16. The van der Waals surface area contributed by atoms with Gasteiger partial charge in [-0.2, -0.15) is 0 Å². The molecule has 17 heavy (non-hydrogen) atoms. The molecule has 1 saturated heterocycles. The number of piperidine rings is 1. The van der Waals surface area contributed by atoms with Crippen molar-refractivity contribution >= 4 is 38.2 Å². The lowest BCUT2D eigenvalue weighted by Crippen LogP contribution is -2.39. The van der Waals surface area contributed by atoms with Gasteiger partial charge in [-0.1, -0.05) is 6.42 Å². The van der Waals surface area contributed by atoms with Gasteiger partial charge < -0.3 is 10.2 Å². The fourth-order valence-electron chi connectivity index (χ4n) is 2.05. The van der Waals surface area contributed by atoms with Crippen molar-refractivity contribution in [3.8, 4) is 0 Å². The van der Waals surface area contributed by atoms with Crippen LogP contribution in [0.3, 0.4) is 0 Å². The minimum atomic E-state index is 0.193. The maximum Gasteiger partial charge on any atom is 0.228 e. The summed E-state index contributed by atoms with van der Waals surface area (Å²) in [7, 11) is 1.85. The predicted molar refractivity (Wildman–Crippen MR) is 75.7 cm³/mol. The van der Waals surface area contributed by atoms with Crippen LogP contribution in [-0.4, -0.2) is 25.5 Å². The summed E-state index contributed by atoms with van der Waals surface area (Å²) in [5, 5.41) is 6.40. The second-order valence-corrected chi connectivity index (χ2v) is 6.21. The van der Waals surface area contributed by atoms with E-state index in [1.165, 1.54) is 12.8 Å². The van der Waals surface area contributed by atoms with Crippen LogP contribution in [0.5, 0.6) is 0 Å². The number of carbonyl (C=O) groups excluding carboxylic acids is 1. The first-order valence-corrected chi connectivity index (χ1v) is 7.58. The first-order valence-electron chi connectivity index (χ1n) is 5.91. The van der Waals surface area contributed by atoms with Gasteiger partial charge in [0, 0.05) is 29.4 Å². The van der Waals surface area contributed by atoms with E-state index < -0.39 is 0 Å². The van der Waals surface area contributed by atoms with E-state index in [1.807, 2.05) is 18.5 Å². The molecule has 3 nitrogen and oxygen atoms in total. The maximum absolute atomic E-state index is 12.1. The molecule has 1 fully saturated rings. The third-order valence-electron chi connectivity index (χ3n) is 3.09. The molecule has 1 aromatic heterocycles. The number of hydrogen-bond donors (Lipinski definition) is 1. The molecule has 0 saturated carbocycles. The molecule has 1 aliphatic heterocycles. The van der Waals surface area contributed by atoms with E-state index in [4.69, 9.17) is 0 Å². The van der Waals surface area contributed by atoms with Crippen LogP contribution < -0.4 is 10.2 Å². The van der Waals surface area contributed by atoms with Crippen LogP contribution >= 0.6 is 27.3 Å². The van der Waals surface area contributed by atoms with Crippen LogP contribution in [0.1, 0.15) is 25.7 Å². The number of hydrogen-bond acceptors (Lipinski definition) is 3. The number of rotatable bonds is 3. The number of halogens is 1. The van der Waals surface area contributed by atoms with E-state index in [1.54, 1.807) is 16.2 Å². The van der Waals surface area contributed by atoms with Crippen LogP contribution in [0.15, 0.2) is 15.9 Å². The molecule has 2 rings (SSSR count). The second kappa shape index (κ2) is 5.98. The Morgan fingerprint density at radius 3 is 3.06 bits per heavy atom. The largest absolute Gasteiger partial charge is 0.313 e. The van der Waals surface area contributed by atoms with Gasteiger partial charge in [-0.25, -0.2) is 0 Å². The molecule has 1 aromatic rings. The summed E-state index contributed by atoms with van der Waals surface area (Å²) in [6.45, 7) is 1.05. The zero-order valence-electron chi connectivity index (χ0n) is 9.91. The van der Waals surface area contributed by atoms with Gasteiger partial charge in [0.25, 0.3) is 0 Å². The van der Waals surface area contributed by atoms with Crippen molar-refractivity contribution in [2.75, 3.05) is 18.5 Å². The molecule has 0 aliphatic carbocycles. The molecule has 1 N–H and O–H groups in total. The average molecular weight is 317 g/mol. The van der Waals surface area contributed by atoms with Crippen molar-refractivity contribution in [3.63, 3.8) is 0 Å². The van der Waals surface area contributed by atoms with Gasteiger partial charge in [0.1, 0.15) is 0 Å². The van der Waals surface area contributed by atoms with Gasteiger partial charge in [-0.15, -0.1) is 11.3 Å². The van der Waals surface area contributed by atoms with Crippen molar-refractivity contribution in [1.82, 2.24) is 5.32 Å². The molecule has 1 unspecified atom stereocenters. The van der Waals surface area contributed by atoms with Gasteiger partial charge in [0.15, 0.2) is 0 Å². The number of anilines is 1. The molecule has 0 spiro atoms. The number of amides is 1. The highest BCUT2D eigenvalue weighted by molar-refractivity contribution is 9.10. The first kappa shape index (κ1) is 13.1. The Morgan fingerprint density at radius 1 is 1.65 bits per heavy atom. The van der Waals surface area contributed by atoms with E-state index in [0.29, 0.717) is 12.5 Å². The van der Waals surface area contributed by atoms with E-state index in [-0.39, 0.29) is 5.91 Å². The van der Waals surface area contributed by atoms with Crippen molar-refractivity contribution in [1.29, 1.82) is 0 Å². The van der Waals surface area contributed by atoms with Gasteiger partial charge in [-0.05, 0) is 41.4 Å². The lowest BCUT2D eigenvalue weighted by atomic mass is 10.0. The minimum absolute atomic E-state index is 0.193. The third-order valence-corrected chi connectivity index (χ3v) is 4.86. The standard InChI is InChI=1S/C12H17BrN2OS/c1-15(12-6-9(13)8-17-12)11(16)7-10-4-2-3-5-14-10/h6,8,10,14H,2-5,7H2,1H3. The Bertz CT molecular complexity index is 388. The smallest absolute Gasteiger partial charge is 0.228 e. The Balaban J connectivity index is 1.90. The van der Waals surface area contributed by atoms with Gasteiger partial charge in [0.2, 0.25) is 5.91 Å². The van der Waals surface area contributed by atoms with Crippen LogP contribution in [0.2, 0.25) is 0 Å². The van der Waals surface area contributed by atoms with Crippen LogP contribution in [0, 0.1) is 0 Å². The molecule has 1 aliphatic rings. The van der Waals surface area contributed by atoms with Gasteiger partial charge in [0.05, 0.1) is 5.00 Å². The van der Waals surface area contributed by atoms with Crippen LogP contribution in [-0.2, 0) is 4.79 Å². The summed E-state index contributed by atoms with van der Waals surface area (Å²) < 4.78 is 1.04. The molecular weight excluding hydrogens is 300 g/mol.